The minimum absolute atomic E-state index is 0.0420. The Labute approximate surface area is 123 Å². The zero-order chi connectivity index (χ0) is 15.2. The Morgan fingerprint density at radius 2 is 1.90 bits per heavy atom. The molecule has 0 atom stereocenters. The molecule has 1 heterocycles. The lowest BCUT2D eigenvalue weighted by molar-refractivity contribution is -0.132. The van der Waals surface area contributed by atoms with E-state index in [-0.39, 0.29) is 12.0 Å². The van der Waals surface area contributed by atoms with Gasteiger partial charge in [0.2, 0.25) is 5.89 Å². The fraction of sp³-hybridized carbons (Fsp3) is 0.312. The van der Waals surface area contributed by atoms with Gasteiger partial charge in [0.15, 0.2) is 5.82 Å². The Bertz CT molecular complexity index is 629. The molecule has 0 amide bonds. The molecule has 0 fully saturated rings. The molecule has 0 aliphatic rings. The molecule has 1 aromatic heterocycles. The number of benzene rings is 1. The Hall–Kier alpha value is -2.43. The van der Waals surface area contributed by atoms with Crippen molar-refractivity contribution in [2.24, 2.45) is 0 Å². The van der Waals surface area contributed by atoms with Gasteiger partial charge >= 0.3 is 5.97 Å². The summed E-state index contributed by atoms with van der Waals surface area (Å²) in [6.45, 7) is 5.57. The summed E-state index contributed by atoms with van der Waals surface area (Å²) in [6, 6.07) is 8.44. The van der Waals surface area contributed by atoms with E-state index in [1.165, 1.54) is 11.1 Å². The molecule has 21 heavy (non-hydrogen) atoms. The van der Waals surface area contributed by atoms with Crippen molar-refractivity contribution in [1.29, 1.82) is 0 Å². The van der Waals surface area contributed by atoms with Gasteiger partial charge in [0.25, 0.3) is 0 Å². The van der Waals surface area contributed by atoms with E-state index in [0.29, 0.717) is 18.1 Å². The number of aryl methyl sites for hydroxylation is 3. The van der Waals surface area contributed by atoms with Crippen molar-refractivity contribution in [3.63, 3.8) is 0 Å². The van der Waals surface area contributed by atoms with E-state index in [4.69, 9.17) is 9.63 Å². The first-order chi connectivity index (χ1) is 10.1. The molecular weight excluding hydrogens is 268 g/mol. The lowest BCUT2D eigenvalue weighted by Crippen LogP contribution is -2.02. The van der Waals surface area contributed by atoms with Gasteiger partial charge in [0.05, 0.1) is 6.42 Å². The fourth-order valence-corrected chi connectivity index (χ4v) is 1.92. The second kappa shape index (κ2) is 6.83. The van der Waals surface area contributed by atoms with Gasteiger partial charge < -0.3 is 9.63 Å². The number of carboxylic acids is 1. The third kappa shape index (κ3) is 4.27. The van der Waals surface area contributed by atoms with E-state index >= 15 is 0 Å². The Morgan fingerprint density at radius 3 is 2.52 bits per heavy atom. The molecule has 1 aromatic carbocycles. The Balaban J connectivity index is 1.90. The molecule has 0 radical (unpaired) electrons. The zero-order valence-corrected chi connectivity index (χ0v) is 12.0. The number of nitrogens with zero attached hydrogens (tertiary/aromatic N) is 2. The highest BCUT2D eigenvalue weighted by molar-refractivity contribution is 5.86. The summed E-state index contributed by atoms with van der Waals surface area (Å²) in [7, 11) is 0. The number of hydrogen-bond donors (Lipinski definition) is 1. The first kappa shape index (κ1) is 15.0. The number of carboxylic acid groups (broad SMARTS) is 1. The van der Waals surface area contributed by atoms with Crippen LogP contribution in [0, 0.1) is 0 Å². The van der Waals surface area contributed by atoms with Crippen LogP contribution in [0.1, 0.15) is 29.8 Å². The number of hydrogen-bond acceptors (Lipinski definition) is 4. The van der Waals surface area contributed by atoms with Crippen molar-refractivity contribution in [3.05, 3.63) is 59.3 Å². The summed E-state index contributed by atoms with van der Waals surface area (Å²) >= 11 is 0. The molecule has 2 rings (SSSR count). The normalized spacial score (nSPS) is 10.5. The van der Waals surface area contributed by atoms with E-state index in [9.17, 15) is 4.79 Å². The number of rotatable bonds is 7. The lowest BCUT2D eigenvalue weighted by atomic mass is 10.1. The number of carbonyl (C=O) groups is 1. The predicted molar refractivity (Wildman–Crippen MR) is 78.0 cm³/mol. The molecule has 0 aliphatic carbocycles. The van der Waals surface area contributed by atoms with Gasteiger partial charge in [-0.05, 0) is 24.0 Å². The van der Waals surface area contributed by atoms with Crippen LogP contribution in [0.15, 0.2) is 40.9 Å². The SMILES string of the molecule is C=C(Cc1nc(CCc2ccc(CC)cc2)no1)C(=O)O. The van der Waals surface area contributed by atoms with E-state index in [1.807, 2.05) is 0 Å². The van der Waals surface area contributed by atoms with Gasteiger partial charge in [0, 0.05) is 12.0 Å². The van der Waals surface area contributed by atoms with Gasteiger partial charge in [-0.2, -0.15) is 4.98 Å². The summed E-state index contributed by atoms with van der Waals surface area (Å²) in [4.78, 5) is 14.9. The average Bonchev–Trinajstić information content (AvgIpc) is 2.93. The summed E-state index contributed by atoms with van der Waals surface area (Å²) in [6.07, 6.45) is 2.59. The van der Waals surface area contributed by atoms with Crippen LogP contribution in [-0.4, -0.2) is 21.2 Å². The maximum Gasteiger partial charge on any atom is 0.331 e. The second-order valence-corrected chi connectivity index (χ2v) is 4.86. The highest BCUT2D eigenvalue weighted by Crippen LogP contribution is 2.10. The molecule has 5 heteroatoms. The van der Waals surface area contributed by atoms with Crippen LogP contribution in [-0.2, 0) is 30.5 Å². The molecule has 5 nitrogen and oxygen atoms in total. The van der Waals surface area contributed by atoms with Crippen LogP contribution >= 0.6 is 0 Å². The summed E-state index contributed by atoms with van der Waals surface area (Å²) in [5.74, 6) is -0.174. The van der Waals surface area contributed by atoms with E-state index < -0.39 is 5.97 Å². The van der Waals surface area contributed by atoms with Crippen molar-refractivity contribution < 1.29 is 14.4 Å². The summed E-state index contributed by atoms with van der Waals surface area (Å²) in [5, 5.41) is 12.6. The minimum Gasteiger partial charge on any atom is -0.478 e. The third-order valence-electron chi connectivity index (χ3n) is 3.25. The molecule has 0 saturated heterocycles. The molecule has 0 unspecified atom stereocenters. The first-order valence-electron chi connectivity index (χ1n) is 6.89. The topological polar surface area (TPSA) is 76.2 Å². The minimum atomic E-state index is -1.05. The van der Waals surface area contributed by atoms with Crippen LogP contribution in [0.2, 0.25) is 0 Å². The summed E-state index contributed by atoms with van der Waals surface area (Å²) < 4.78 is 5.03. The molecular formula is C16H18N2O3. The van der Waals surface area contributed by atoms with Crippen LogP contribution in [0.4, 0.5) is 0 Å². The maximum absolute atomic E-state index is 10.7. The van der Waals surface area contributed by atoms with E-state index in [0.717, 1.165) is 12.8 Å². The molecule has 0 saturated carbocycles. The van der Waals surface area contributed by atoms with Crippen molar-refractivity contribution in [3.8, 4) is 0 Å². The van der Waals surface area contributed by atoms with E-state index in [2.05, 4.69) is 47.9 Å². The smallest absolute Gasteiger partial charge is 0.331 e. The zero-order valence-electron chi connectivity index (χ0n) is 12.0. The van der Waals surface area contributed by atoms with Crippen LogP contribution in [0.5, 0.6) is 0 Å². The van der Waals surface area contributed by atoms with Crippen molar-refractivity contribution in [1.82, 2.24) is 10.1 Å². The molecule has 1 N–H and O–H groups in total. The third-order valence-corrected chi connectivity index (χ3v) is 3.25. The van der Waals surface area contributed by atoms with Crippen molar-refractivity contribution in [2.45, 2.75) is 32.6 Å². The van der Waals surface area contributed by atoms with Crippen LogP contribution in [0.25, 0.3) is 0 Å². The highest BCUT2D eigenvalue weighted by atomic mass is 16.5. The van der Waals surface area contributed by atoms with Gasteiger partial charge in [-0.1, -0.05) is 42.9 Å². The molecule has 110 valence electrons. The lowest BCUT2D eigenvalue weighted by Gasteiger charge is -2.00. The molecule has 2 aromatic rings. The van der Waals surface area contributed by atoms with Gasteiger partial charge in [-0.25, -0.2) is 4.79 Å². The predicted octanol–water partition coefficient (Wildman–Crippen LogP) is 2.60. The molecule has 0 bridgehead atoms. The van der Waals surface area contributed by atoms with E-state index in [1.54, 1.807) is 0 Å². The van der Waals surface area contributed by atoms with Crippen LogP contribution < -0.4 is 0 Å². The molecule has 0 aliphatic heterocycles. The van der Waals surface area contributed by atoms with Crippen molar-refractivity contribution in [2.75, 3.05) is 0 Å². The first-order valence-corrected chi connectivity index (χ1v) is 6.89. The Kier molecular flexibility index (Phi) is 4.87. The number of aromatic nitrogens is 2. The molecule has 0 spiro atoms. The Morgan fingerprint density at radius 1 is 1.24 bits per heavy atom. The van der Waals surface area contributed by atoms with Gasteiger partial charge in [0.1, 0.15) is 0 Å². The van der Waals surface area contributed by atoms with Gasteiger partial charge in [-0.15, -0.1) is 0 Å². The van der Waals surface area contributed by atoms with Crippen LogP contribution in [0.3, 0.4) is 0 Å². The highest BCUT2D eigenvalue weighted by Gasteiger charge is 2.11. The summed E-state index contributed by atoms with van der Waals surface area (Å²) in [5.41, 5.74) is 2.57. The largest absolute Gasteiger partial charge is 0.478 e. The quantitative estimate of drug-likeness (QED) is 0.792. The number of aliphatic carboxylic acids is 1. The standard InChI is InChI=1S/C16H18N2O3/c1-3-12-4-6-13(7-5-12)8-9-14-17-15(21-18-14)10-11(2)16(19)20/h4-7H,2-3,8-10H2,1H3,(H,19,20). The monoisotopic (exact) mass is 286 g/mol. The average molecular weight is 286 g/mol. The second-order valence-electron chi connectivity index (χ2n) is 4.86. The maximum atomic E-state index is 10.7. The van der Waals surface area contributed by atoms with Gasteiger partial charge in [-0.3, -0.25) is 0 Å². The fourth-order valence-electron chi connectivity index (χ4n) is 1.92. The van der Waals surface area contributed by atoms with Crippen molar-refractivity contribution >= 4 is 5.97 Å².